The maximum absolute atomic E-state index is 11.7. The van der Waals surface area contributed by atoms with E-state index in [4.69, 9.17) is 0 Å². The lowest BCUT2D eigenvalue weighted by atomic mass is 10.2. The summed E-state index contributed by atoms with van der Waals surface area (Å²) in [7, 11) is 2.72. The van der Waals surface area contributed by atoms with Crippen LogP contribution in [0, 0.1) is 0 Å². The third-order valence-electron chi connectivity index (χ3n) is 2.59. The summed E-state index contributed by atoms with van der Waals surface area (Å²) in [6.07, 6.45) is 1.69. The minimum absolute atomic E-state index is 0.649. The predicted octanol–water partition coefficient (Wildman–Crippen LogP) is 1.30. The molecule has 0 aliphatic heterocycles. The number of hydrogen-bond acceptors (Lipinski definition) is 3. The predicted molar refractivity (Wildman–Crippen MR) is 63.7 cm³/mol. The number of aromatic amines is 1. The van der Waals surface area contributed by atoms with Crippen LogP contribution in [-0.4, -0.2) is 31.0 Å². The number of fused-ring (bicyclic) bond motifs is 1. The first-order valence-electron chi connectivity index (χ1n) is 5.07. The topological polar surface area (TPSA) is 62.4 Å². The summed E-state index contributed by atoms with van der Waals surface area (Å²) in [5, 5.41) is 0.882. The quantitative estimate of drug-likeness (QED) is 0.595. The van der Waals surface area contributed by atoms with Crippen molar-refractivity contribution < 1.29 is 14.3 Å². The van der Waals surface area contributed by atoms with Crippen LogP contribution in [0.4, 0.5) is 5.69 Å². The van der Waals surface area contributed by atoms with Gasteiger partial charge in [-0.3, -0.25) is 4.79 Å². The van der Waals surface area contributed by atoms with Gasteiger partial charge in [0.25, 0.3) is 0 Å². The largest absolute Gasteiger partial charge is 0.462 e. The molecule has 0 atom stereocenters. The summed E-state index contributed by atoms with van der Waals surface area (Å²) in [5.41, 5.74) is 1.56. The molecule has 1 aromatic carbocycles. The Morgan fingerprint density at radius 2 is 2.00 bits per heavy atom. The number of amides is 1. The molecule has 0 fully saturated rings. The van der Waals surface area contributed by atoms with Crippen molar-refractivity contribution in [3.8, 4) is 0 Å². The average molecular weight is 232 g/mol. The second-order valence-corrected chi connectivity index (χ2v) is 3.58. The van der Waals surface area contributed by atoms with Gasteiger partial charge in [0.05, 0.1) is 12.8 Å². The van der Waals surface area contributed by atoms with Crippen LogP contribution in [0.25, 0.3) is 10.9 Å². The van der Waals surface area contributed by atoms with Crippen molar-refractivity contribution in [1.29, 1.82) is 0 Å². The minimum atomic E-state index is -0.877. The van der Waals surface area contributed by atoms with Crippen molar-refractivity contribution >= 4 is 28.5 Å². The molecular weight excluding hydrogens is 220 g/mol. The molecule has 2 rings (SSSR count). The van der Waals surface area contributed by atoms with Gasteiger partial charge in [-0.2, -0.15) is 0 Å². The first-order valence-corrected chi connectivity index (χ1v) is 5.07. The van der Waals surface area contributed by atoms with E-state index < -0.39 is 11.9 Å². The van der Waals surface area contributed by atoms with Crippen molar-refractivity contribution in [3.05, 3.63) is 30.5 Å². The second-order valence-electron chi connectivity index (χ2n) is 3.58. The van der Waals surface area contributed by atoms with Crippen LogP contribution in [0.5, 0.6) is 0 Å². The fourth-order valence-electron chi connectivity index (χ4n) is 1.67. The summed E-state index contributed by atoms with van der Waals surface area (Å²) in [4.78, 5) is 27.1. The normalized spacial score (nSPS) is 10.2. The number of anilines is 1. The molecule has 0 saturated carbocycles. The maximum Gasteiger partial charge on any atom is 0.397 e. The number of aromatic nitrogens is 1. The highest BCUT2D eigenvalue weighted by atomic mass is 16.5. The summed E-state index contributed by atoms with van der Waals surface area (Å²) >= 11 is 0. The third kappa shape index (κ3) is 1.87. The van der Waals surface area contributed by atoms with Crippen LogP contribution in [0.1, 0.15) is 0 Å². The lowest BCUT2D eigenvalue weighted by Crippen LogP contribution is -2.33. The van der Waals surface area contributed by atoms with E-state index in [-0.39, 0.29) is 0 Å². The number of hydrogen-bond donors (Lipinski definition) is 1. The zero-order chi connectivity index (χ0) is 12.4. The van der Waals surface area contributed by atoms with E-state index in [0.717, 1.165) is 10.9 Å². The number of nitrogens with one attached hydrogen (secondary N) is 1. The molecule has 0 spiro atoms. The van der Waals surface area contributed by atoms with Crippen molar-refractivity contribution in [3.63, 3.8) is 0 Å². The van der Waals surface area contributed by atoms with Gasteiger partial charge in [-0.1, -0.05) is 18.2 Å². The first-order chi connectivity index (χ1) is 8.15. The van der Waals surface area contributed by atoms with E-state index in [1.54, 1.807) is 6.20 Å². The smallest absolute Gasteiger partial charge is 0.397 e. The van der Waals surface area contributed by atoms with Gasteiger partial charge < -0.3 is 14.6 Å². The number of H-pyrrole nitrogens is 1. The molecule has 0 bridgehead atoms. The fourth-order valence-corrected chi connectivity index (χ4v) is 1.67. The average Bonchev–Trinajstić information content (AvgIpc) is 2.79. The number of ether oxygens (including phenoxy) is 1. The van der Waals surface area contributed by atoms with Crippen LogP contribution in [0.15, 0.2) is 30.5 Å². The first kappa shape index (κ1) is 11.2. The number of esters is 1. The monoisotopic (exact) mass is 232 g/mol. The number of rotatable bonds is 1. The molecule has 0 aliphatic carbocycles. The fraction of sp³-hybridized carbons (Fsp3) is 0.167. The van der Waals surface area contributed by atoms with E-state index >= 15 is 0 Å². The van der Waals surface area contributed by atoms with Gasteiger partial charge in [-0.05, 0) is 6.07 Å². The van der Waals surface area contributed by atoms with Gasteiger partial charge in [0, 0.05) is 24.1 Å². The van der Waals surface area contributed by atoms with Crippen molar-refractivity contribution in [2.45, 2.75) is 0 Å². The molecule has 0 saturated heterocycles. The zero-order valence-corrected chi connectivity index (χ0v) is 9.56. The number of nitrogens with zero attached hydrogens (tertiary/aromatic N) is 1. The number of likely N-dealkylation sites (N-methyl/N-ethyl adjacent to an activating group) is 1. The molecule has 2 aromatic rings. The number of methoxy groups -OCH3 is 1. The lowest BCUT2D eigenvalue weighted by Gasteiger charge is -2.14. The molecule has 88 valence electrons. The number of carbonyl (C=O) groups excluding carboxylic acids is 2. The van der Waals surface area contributed by atoms with Crippen LogP contribution < -0.4 is 4.90 Å². The standard InChI is InChI=1S/C12H12N2O3/c1-14(11(15)12(16)17-2)10-7-13-9-6-4-3-5-8(9)10/h3-7,13H,1-2H3. The lowest BCUT2D eigenvalue weighted by molar-refractivity contribution is -0.151. The molecule has 1 N–H and O–H groups in total. The SMILES string of the molecule is COC(=O)C(=O)N(C)c1c[nH]c2ccccc12. The van der Waals surface area contributed by atoms with E-state index in [0.29, 0.717) is 5.69 Å². The molecule has 1 amide bonds. The number of para-hydroxylation sites is 1. The van der Waals surface area contributed by atoms with Crippen LogP contribution >= 0.6 is 0 Å². The van der Waals surface area contributed by atoms with E-state index in [2.05, 4.69) is 9.72 Å². The Morgan fingerprint density at radius 1 is 1.29 bits per heavy atom. The molecule has 0 radical (unpaired) electrons. The molecule has 0 aliphatic rings. The second kappa shape index (κ2) is 4.29. The minimum Gasteiger partial charge on any atom is -0.462 e. The summed E-state index contributed by atoms with van der Waals surface area (Å²) < 4.78 is 4.40. The Morgan fingerprint density at radius 3 is 2.71 bits per heavy atom. The Kier molecular flexibility index (Phi) is 2.82. The van der Waals surface area contributed by atoms with Gasteiger partial charge in [0.1, 0.15) is 0 Å². The Hall–Kier alpha value is -2.30. The van der Waals surface area contributed by atoms with Crippen molar-refractivity contribution in [2.75, 3.05) is 19.1 Å². The van der Waals surface area contributed by atoms with E-state index in [1.165, 1.54) is 19.1 Å². The molecule has 1 heterocycles. The van der Waals surface area contributed by atoms with E-state index in [1.807, 2.05) is 24.3 Å². The molecular formula is C12H12N2O3. The molecule has 17 heavy (non-hydrogen) atoms. The van der Waals surface area contributed by atoms with Gasteiger partial charge in [-0.15, -0.1) is 0 Å². The highest BCUT2D eigenvalue weighted by molar-refractivity contribution is 6.38. The molecule has 1 aromatic heterocycles. The number of carbonyl (C=O) groups is 2. The van der Waals surface area contributed by atoms with Crippen molar-refractivity contribution in [2.24, 2.45) is 0 Å². The maximum atomic E-state index is 11.7. The molecule has 5 heteroatoms. The number of benzene rings is 1. The summed E-state index contributed by atoms with van der Waals surface area (Å²) in [6.45, 7) is 0. The summed E-state index contributed by atoms with van der Waals surface area (Å²) in [5.74, 6) is -1.57. The molecule has 5 nitrogen and oxygen atoms in total. The van der Waals surface area contributed by atoms with Gasteiger partial charge in [0.2, 0.25) is 0 Å². The highest BCUT2D eigenvalue weighted by Gasteiger charge is 2.22. The van der Waals surface area contributed by atoms with Crippen molar-refractivity contribution in [1.82, 2.24) is 4.98 Å². The Labute approximate surface area is 98.0 Å². The van der Waals surface area contributed by atoms with Gasteiger partial charge >= 0.3 is 11.9 Å². The molecule has 0 unspecified atom stereocenters. The Bertz CT molecular complexity index is 574. The highest BCUT2D eigenvalue weighted by Crippen LogP contribution is 2.25. The van der Waals surface area contributed by atoms with E-state index in [9.17, 15) is 9.59 Å². The Balaban J connectivity index is 2.40. The van der Waals surface area contributed by atoms with Crippen LogP contribution in [0.3, 0.4) is 0 Å². The van der Waals surface area contributed by atoms with Gasteiger partial charge in [-0.25, -0.2) is 4.79 Å². The zero-order valence-electron chi connectivity index (χ0n) is 9.56. The third-order valence-corrected chi connectivity index (χ3v) is 2.59. The van der Waals surface area contributed by atoms with Crippen LogP contribution in [0.2, 0.25) is 0 Å². The van der Waals surface area contributed by atoms with Gasteiger partial charge in [0.15, 0.2) is 0 Å². The summed E-state index contributed by atoms with van der Waals surface area (Å²) in [6, 6.07) is 7.54. The van der Waals surface area contributed by atoms with Crippen LogP contribution in [-0.2, 0) is 14.3 Å².